The van der Waals surface area contributed by atoms with E-state index in [-0.39, 0.29) is 6.04 Å². The minimum absolute atomic E-state index is 0.0758. The summed E-state index contributed by atoms with van der Waals surface area (Å²) in [5, 5.41) is 5.43. The van der Waals surface area contributed by atoms with Crippen molar-refractivity contribution >= 4 is 11.6 Å². The standard InChI is InChI=1S/C17H24ClN3/c1-4-15(5-2)21-9-8-14(20-21)11-17(19)13-7-6-12(3)16(18)10-13/h6-10,15,17H,4-5,11,19H2,1-3H3. The molecule has 0 spiro atoms. The number of rotatable bonds is 6. The molecule has 1 unspecified atom stereocenters. The highest BCUT2D eigenvalue weighted by Crippen LogP contribution is 2.23. The summed E-state index contributed by atoms with van der Waals surface area (Å²) in [5.41, 5.74) is 9.45. The first kappa shape index (κ1) is 16.1. The van der Waals surface area contributed by atoms with Crippen LogP contribution in [0.15, 0.2) is 30.5 Å². The maximum Gasteiger partial charge on any atom is 0.0643 e. The Balaban J connectivity index is 2.08. The Bertz CT molecular complexity index is 587. The molecule has 0 radical (unpaired) electrons. The van der Waals surface area contributed by atoms with E-state index >= 15 is 0 Å². The normalized spacial score (nSPS) is 12.9. The van der Waals surface area contributed by atoms with Crippen molar-refractivity contribution < 1.29 is 0 Å². The molecule has 0 bridgehead atoms. The number of hydrogen-bond donors (Lipinski definition) is 1. The van der Waals surface area contributed by atoms with Gasteiger partial charge in [0.25, 0.3) is 0 Å². The van der Waals surface area contributed by atoms with Gasteiger partial charge in [-0.15, -0.1) is 0 Å². The molecule has 3 nitrogen and oxygen atoms in total. The zero-order chi connectivity index (χ0) is 15.4. The van der Waals surface area contributed by atoms with Crippen molar-refractivity contribution in [2.45, 2.75) is 52.1 Å². The summed E-state index contributed by atoms with van der Waals surface area (Å²) in [6.07, 6.45) is 4.98. The van der Waals surface area contributed by atoms with E-state index in [0.717, 1.165) is 41.1 Å². The van der Waals surface area contributed by atoms with Crippen LogP contribution in [-0.4, -0.2) is 9.78 Å². The maximum atomic E-state index is 6.29. The lowest BCUT2D eigenvalue weighted by molar-refractivity contribution is 0.424. The molecule has 114 valence electrons. The predicted molar refractivity (Wildman–Crippen MR) is 88.7 cm³/mol. The summed E-state index contributed by atoms with van der Waals surface area (Å²) in [5.74, 6) is 0. The van der Waals surface area contributed by atoms with Gasteiger partial charge in [-0.2, -0.15) is 5.10 Å². The molecule has 1 aromatic heterocycles. The number of aryl methyl sites for hydroxylation is 1. The zero-order valence-corrected chi connectivity index (χ0v) is 13.8. The van der Waals surface area contributed by atoms with Gasteiger partial charge < -0.3 is 5.73 Å². The van der Waals surface area contributed by atoms with Crippen LogP contribution in [0.1, 0.15) is 55.6 Å². The highest BCUT2D eigenvalue weighted by atomic mass is 35.5. The lowest BCUT2D eigenvalue weighted by Gasteiger charge is -2.14. The summed E-state index contributed by atoms with van der Waals surface area (Å²) in [6.45, 7) is 6.38. The van der Waals surface area contributed by atoms with Gasteiger partial charge in [-0.3, -0.25) is 4.68 Å². The second-order valence-electron chi connectivity index (χ2n) is 5.58. The molecule has 0 amide bonds. The van der Waals surface area contributed by atoms with Crippen LogP contribution in [0.3, 0.4) is 0 Å². The fraction of sp³-hybridized carbons (Fsp3) is 0.471. The number of nitrogens with two attached hydrogens (primary N) is 1. The van der Waals surface area contributed by atoms with E-state index < -0.39 is 0 Å². The lowest BCUT2D eigenvalue weighted by Crippen LogP contribution is -2.14. The molecule has 0 saturated heterocycles. The molecule has 2 aromatic rings. The maximum absolute atomic E-state index is 6.29. The third kappa shape index (κ3) is 3.86. The fourth-order valence-corrected chi connectivity index (χ4v) is 2.72. The van der Waals surface area contributed by atoms with E-state index in [4.69, 9.17) is 17.3 Å². The van der Waals surface area contributed by atoms with Crippen molar-refractivity contribution in [3.63, 3.8) is 0 Å². The van der Waals surface area contributed by atoms with E-state index in [1.54, 1.807) is 0 Å². The van der Waals surface area contributed by atoms with Gasteiger partial charge >= 0.3 is 0 Å². The van der Waals surface area contributed by atoms with E-state index in [0.29, 0.717) is 6.04 Å². The highest BCUT2D eigenvalue weighted by Gasteiger charge is 2.12. The molecule has 0 fully saturated rings. The zero-order valence-electron chi connectivity index (χ0n) is 13.0. The monoisotopic (exact) mass is 305 g/mol. The van der Waals surface area contributed by atoms with Gasteiger partial charge in [-0.25, -0.2) is 0 Å². The molecular weight excluding hydrogens is 282 g/mol. The smallest absolute Gasteiger partial charge is 0.0643 e. The topological polar surface area (TPSA) is 43.8 Å². The summed E-state index contributed by atoms with van der Waals surface area (Å²) >= 11 is 6.17. The van der Waals surface area contributed by atoms with Crippen molar-refractivity contribution in [2.24, 2.45) is 5.73 Å². The summed E-state index contributed by atoms with van der Waals surface area (Å²) < 4.78 is 2.06. The average Bonchev–Trinajstić information content (AvgIpc) is 2.91. The van der Waals surface area contributed by atoms with Crippen molar-refractivity contribution in [3.8, 4) is 0 Å². The van der Waals surface area contributed by atoms with Gasteiger partial charge in [0.15, 0.2) is 0 Å². The summed E-state index contributed by atoms with van der Waals surface area (Å²) in [7, 11) is 0. The van der Waals surface area contributed by atoms with Gasteiger partial charge in [0.05, 0.1) is 11.7 Å². The Kier molecular flexibility index (Phi) is 5.43. The van der Waals surface area contributed by atoms with Crippen LogP contribution in [0.5, 0.6) is 0 Å². The van der Waals surface area contributed by atoms with Crippen molar-refractivity contribution in [1.29, 1.82) is 0 Å². The van der Waals surface area contributed by atoms with Crippen LogP contribution in [0.2, 0.25) is 5.02 Å². The van der Waals surface area contributed by atoms with E-state index in [1.165, 1.54) is 0 Å². The van der Waals surface area contributed by atoms with Gasteiger partial charge in [0, 0.05) is 23.7 Å². The van der Waals surface area contributed by atoms with Crippen LogP contribution in [-0.2, 0) is 6.42 Å². The average molecular weight is 306 g/mol. The second-order valence-corrected chi connectivity index (χ2v) is 5.98. The molecule has 1 aromatic carbocycles. The van der Waals surface area contributed by atoms with Crippen LogP contribution in [0.25, 0.3) is 0 Å². The van der Waals surface area contributed by atoms with Crippen LogP contribution in [0, 0.1) is 6.92 Å². The lowest BCUT2D eigenvalue weighted by atomic mass is 10.0. The Morgan fingerprint density at radius 2 is 1.95 bits per heavy atom. The largest absolute Gasteiger partial charge is 0.324 e. The van der Waals surface area contributed by atoms with Gasteiger partial charge in [0.1, 0.15) is 0 Å². The highest BCUT2D eigenvalue weighted by molar-refractivity contribution is 6.31. The Labute approximate surface area is 132 Å². The van der Waals surface area contributed by atoms with Crippen molar-refractivity contribution in [1.82, 2.24) is 9.78 Å². The Morgan fingerprint density at radius 3 is 2.57 bits per heavy atom. The molecule has 0 aliphatic carbocycles. The number of hydrogen-bond acceptors (Lipinski definition) is 2. The Hall–Kier alpha value is -1.32. The quantitative estimate of drug-likeness (QED) is 0.857. The first-order valence-electron chi connectivity index (χ1n) is 7.60. The minimum Gasteiger partial charge on any atom is -0.324 e. The number of halogens is 1. The summed E-state index contributed by atoms with van der Waals surface area (Å²) in [6, 6.07) is 8.48. The Morgan fingerprint density at radius 1 is 1.24 bits per heavy atom. The van der Waals surface area contributed by atoms with Crippen LogP contribution < -0.4 is 5.73 Å². The van der Waals surface area contributed by atoms with Gasteiger partial charge in [-0.1, -0.05) is 37.6 Å². The minimum atomic E-state index is -0.0758. The third-order valence-electron chi connectivity index (χ3n) is 4.03. The first-order chi connectivity index (χ1) is 10.0. The van der Waals surface area contributed by atoms with Crippen molar-refractivity contribution in [3.05, 3.63) is 52.3 Å². The van der Waals surface area contributed by atoms with E-state index in [1.807, 2.05) is 25.1 Å². The molecule has 1 atom stereocenters. The second kappa shape index (κ2) is 7.10. The SMILES string of the molecule is CCC(CC)n1ccc(CC(N)c2ccc(C)c(Cl)c2)n1. The molecule has 0 aliphatic rings. The van der Waals surface area contributed by atoms with Crippen LogP contribution >= 0.6 is 11.6 Å². The first-order valence-corrected chi connectivity index (χ1v) is 7.98. The molecule has 0 saturated carbocycles. The van der Waals surface area contributed by atoms with E-state index in [9.17, 15) is 0 Å². The number of nitrogens with zero attached hydrogens (tertiary/aromatic N) is 2. The molecule has 2 N–H and O–H groups in total. The van der Waals surface area contributed by atoms with Gasteiger partial charge in [0.2, 0.25) is 0 Å². The van der Waals surface area contributed by atoms with Crippen molar-refractivity contribution in [2.75, 3.05) is 0 Å². The molecular formula is C17H24ClN3. The molecule has 1 heterocycles. The fourth-order valence-electron chi connectivity index (χ4n) is 2.54. The van der Waals surface area contributed by atoms with E-state index in [2.05, 4.69) is 35.9 Å². The van der Waals surface area contributed by atoms with Crippen LogP contribution in [0.4, 0.5) is 0 Å². The molecule has 4 heteroatoms. The predicted octanol–water partition coefficient (Wildman–Crippen LogP) is 4.45. The van der Waals surface area contributed by atoms with Gasteiger partial charge in [-0.05, 0) is 43.0 Å². The molecule has 2 rings (SSSR count). The summed E-state index contributed by atoms with van der Waals surface area (Å²) in [4.78, 5) is 0. The number of benzene rings is 1. The number of aromatic nitrogens is 2. The molecule has 21 heavy (non-hydrogen) atoms. The molecule has 0 aliphatic heterocycles. The third-order valence-corrected chi connectivity index (χ3v) is 4.44.